The van der Waals surface area contributed by atoms with Crippen molar-refractivity contribution in [3.63, 3.8) is 0 Å². The molecule has 1 amide bonds. The van der Waals surface area contributed by atoms with E-state index in [4.69, 9.17) is 9.47 Å². The number of rotatable bonds is 7. The lowest BCUT2D eigenvalue weighted by Gasteiger charge is -2.09. The predicted molar refractivity (Wildman–Crippen MR) is 108 cm³/mol. The average molecular weight is 381 g/mol. The summed E-state index contributed by atoms with van der Waals surface area (Å²) in [7, 11) is 3.13. The Kier molecular flexibility index (Phi) is 6.27. The summed E-state index contributed by atoms with van der Waals surface area (Å²) >= 11 is 1.42. The zero-order valence-corrected chi connectivity index (χ0v) is 15.8. The molecule has 138 valence electrons. The van der Waals surface area contributed by atoms with Crippen LogP contribution < -0.4 is 14.9 Å². The highest BCUT2D eigenvalue weighted by Gasteiger charge is 2.08. The maximum absolute atomic E-state index is 12.1. The van der Waals surface area contributed by atoms with Crippen molar-refractivity contribution >= 4 is 34.8 Å². The molecule has 0 saturated carbocycles. The third kappa shape index (κ3) is 4.57. The molecule has 0 fully saturated rings. The van der Waals surface area contributed by atoms with Gasteiger partial charge >= 0.3 is 0 Å². The SMILES string of the molecule is COc1cccc(C=NNC(=O)CSc2cccc3cccnc23)c1OC. The Morgan fingerprint density at radius 2 is 1.96 bits per heavy atom. The van der Waals surface area contributed by atoms with Crippen LogP contribution in [0.2, 0.25) is 0 Å². The maximum atomic E-state index is 12.1. The van der Waals surface area contributed by atoms with E-state index in [2.05, 4.69) is 15.5 Å². The van der Waals surface area contributed by atoms with Crippen molar-refractivity contribution in [1.29, 1.82) is 0 Å². The molecule has 0 unspecified atom stereocenters. The number of nitrogens with one attached hydrogen (secondary N) is 1. The van der Waals surface area contributed by atoms with E-state index in [1.54, 1.807) is 26.5 Å². The van der Waals surface area contributed by atoms with Crippen molar-refractivity contribution in [3.05, 3.63) is 60.3 Å². The fourth-order valence-corrected chi connectivity index (χ4v) is 3.39. The van der Waals surface area contributed by atoms with Gasteiger partial charge < -0.3 is 9.47 Å². The Morgan fingerprint density at radius 1 is 1.15 bits per heavy atom. The maximum Gasteiger partial charge on any atom is 0.250 e. The van der Waals surface area contributed by atoms with Gasteiger partial charge in [-0.3, -0.25) is 9.78 Å². The highest BCUT2D eigenvalue weighted by molar-refractivity contribution is 8.00. The molecule has 0 atom stereocenters. The number of para-hydroxylation sites is 2. The van der Waals surface area contributed by atoms with E-state index in [1.807, 2.05) is 42.5 Å². The monoisotopic (exact) mass is 381 g/mol. The molecule has 0 bridgehead atoms. The molecule has 6 nitrogen and oxygen atoms in total. The molecule has 27 heavy (non-hydrogen) atoms. The van der Waals surface area contributed by atoms with Gasteiger partial charge in [-0.2, -0.15) is 5.10 Å². The smallest absolute Gasteiger partial charge is 0.250 e. The average Bonchev–Trinajstić information content (AvgIpc) is 2.71. The molecule has 1 aromatic heterocycles. The van der Waals surface area contributed by atoms with Gasteiger partial charge in [-0.25, -0.2) is 5.43 Å². The van der Waals surface area contributed by atoms with E-state index in [0.29, 0.717) is 17.1 Å². The number of fused-ring (bicyclic) bond motifs is 1. The lowest BCUT2D eigenvalue weighted by Crippen LogP contribution is -2.19. The molecule has 3 rings (SSSR count). The quantitative estimate of drug-likeness (QED) is 0.385. The second-order valence-corrected chi connectivity index (χ2v) is 6.51. The second kappa shape index (κ2) is 9.05. The Hall–Kier alpha value is -3.06. The molecule has 0 spiro atoms. The number of carbonyl (C=O) groups excluding carboxylic acids is 1. The molecule has 1 heterocycles. The fraction of sp³-hybridized carbons (Fsp3) is 0.150. The second-order valence-electron chi connectivity index (χ2n) is 5.50. The number of ether oxygens (including phenoxy) is 2. The first-order valence-electron chi connectivity index (χ1n) is 8.22. The molecule has 0 saturated heterocycles. The number of methoxy groups -OCH3 is 2. The minimum atomic E-state index is -0.203. The van der Waals surface area contributed by atoms with Crippen LogP contribution >= 0.6 is 11.8 Å². The summed E-state index contributed by atoms with van der Waals surface area (Å²) in [4.78, 5) is 17.4. The zero-order chi connectivity index (χ0) is 19.1. The van der Waals surface area contributed by atoms with Gasteiger partial charge in [0.25, 0.3) is 0 Å². The number of hydrazone groups is 1. The van der Waals surface area contributed by atoms with E-state index in [-0.39, 0.29) is 11.7 Å². The van der Waals surface area contributed by atoms with Crippen molar-refractivity contribution in [2.75, 3.05) is 20.0 Å². The van der Waals surface area contributed by atoms with Crippen LogP contribution in [0.1, 0.15) is 5.56 Å². The number of nitrogens with zero attached hydrogens (tertiary/aromatic N) is 2. The topological polar surface area (TPSA) is 72.8 Å². The third-order valence-corrected chi connectivity index (χ3v) is 4.83. The van der Waals surface area contributed by atoms with Crippen LogP contribution in [-0.2, 0) is 4.79 Å². The van der Waals surface area contributed by atoms with Crippen molar-refractivity contribution in [2.24, 2.45) is 5.10 Å². The number of aromatic nitrogens is 1. The minimum Gasteiger partial charge on any atom is -0.493 e. The van der Waals surface area contributed by atoms with Crippen LogP contribution in [0, 0.1) is 0 Å². The van der Waals surface area contributed by atoms with Crippen molar-refractivity contribution in [1.82, 2.24) is 10.4 Å². The molecule has 0 radical (unpaired) electrons. The number of amides is 1. The molecule has 7 heteroatoms. The largest absolute Gasteiger partial charge is 0.493 e. The van der Waals surface area contributed by atoms with Crippen LogP contribution in [0.25, 0.3) is 10.9 Å². The van der Waals surface area contributed by atoms with Gasteiger partial charge in [-0.05, 0) is 24.3 Å². The fourth-order valence-electron chi connectivity index (χ4n) is 2.56. The number of benzene rings is 2. The molecule has 0 aliphatic rings. The molecule has 2 aromatic carbocycles. The first-order valence-corrected chi connectivity index (χ1v) is 9.21. The molecule has 0 aliphatic heterocycles. The van der Waals surface area contributed by atoms with Gasteiger partial charge in [-0.15, -0.1) is 11.8 Å². The third-order valence-electron chi connectivity index (χ3n) is 3.78. The summed E-state index contributed by atoms with van der Waals surface area (Å²) in [6, 6.07) is 15.3. The number of pyridine rings is 1. The minimum absolute atomic E-state index is 0.203. The molecular formula is C20H19N3O3S. The molecule has 3 aromatic rings. The summed E-state index contributed by atoms with van der Waals surface area (Å²) in [5.74, 6) is 1.20. The zero-order valence-electron chi connectivity index (χ0n) is 15.0. The van der Waals surface area contributed by atoms with Crippen molar-refractivity contribution in [2.45, 2.75) is 4.90 Å². The van der Waals surface area contributed by atoms with Gasteiger partial charge in [0.1, 0.15) is 0 Å². The number of carbonyl (C=O) groups is 1. The summed E-state index contributed by atoms with van der Waals surface area (Å²) in [6.07, 6.45) is 3.28. The van der Waals surface area contributed by atoms with Crippen LogP contribution in [0.3, 0.4) is 0 Å². The number of thioether (sulfide) groups is 1. The van der Waals surface area contributed by atoms with Gasteiger partial charge in [0.15, 0.2) is 11.5 Å². The first kappa shape index (κ1) is 18.7. The molecular weight excluding hydrogens is 362 g/mol. The Labute approximate surface area is 161 Å². The molecule has 0 aliphatic carbocycles. The van der Waals surface area contributed by atoms with Crippen LogP contribution in [-0.4, -0.2) is 37.1 Å². The summed E-state index contributed by atoms with van der Waals surface area (Å²) in [5.41, 5.74) is 4.13. The van der Waals surface area contributed by atoms with Crippen molar-refractivity contribution < 1.29 is 14.3 Å². The summed E-state index contributed by atoms with van der Waals surface area (Å²) in [6.45, 7) is 0. The van der Waals surface area contributed by atoms with Gasteiger partial charge in [-0.1, -0.05) is 24.3 Å². The predicted octanol–water partition coefficient (Wildman–Crippen LogP) is 3.49. The highest BCUT2D eigenvalue weighted by Crippen LogP contribution is 2.29. The van der Waals surface area contributed by atoms with Gasteiger partial charge in [0.2, 0.25) is 5.91 Å². The number of hydrogen-bond acceptors (Lipinski definition) is 6. The number of hydrogen-bond donors (Lipinski definition) is 1. The van der Waals surface area contributed by atoms with Gasteiger partial charge in [0.05, 0.1) is 31.7 Å². The van der Waals surface area contributed by atoms with Crippen LogP contribution in [0.4, 0.5) is 0 Å². The Balaban J connectivity index is 1.61. The van der Waals surface area contributed by atoms with Gasteiger partial charge in [0, 0.05) is 22.0 Å². The van der Waals surface area contributed by atoms with E-state index in [0.717, 1.165) is 15.8 Å². The van der Waals surface area contributed by atoms with E-state index >= 15 is 0 Å². The summed E-state index contributed by atoms with van der Waals surface area (Å²) in [5, 5.41) is 5.06. The highest BCUT2D eigenvalue weighted by atomic mass is 32.2. The summed E-state index contributed by atoms with van der Waals surface area (Å²) < 4.78 is 10.6. The van der Waals surface area contributed by atoms with Crippen molar-refractivity contribution in [3.8, 4) is 11.5 Å². The van der Waals surface area contributed by atoms with Crippen LogP contribution in [0.15, 0.2) is 64.7 Å². The van der Waals surface area contributed by atoms with E-state index in [1.165, 1.54) is 18.0 Å². The Morgan fingerprint density at radius 3 is 2.78 bits per heavy atom. The molecule has 1 N–H and O–H groups in total. The first-order chi connectivity index (χ1) is 13.2. The standard InChI is InChI=1S/C20H19N3O3S/c1-25-16-9-3-7-15(20(16)26-2)12-22-23-18(24)13-27-17-10-4-6-14-8-5-11-21-19(14)17/h3-12H,13H2,1-2H3,(H,23,24). The van der Waals surface area contributed by atoms with E-state index < -0.39 is 0 Å². The lowest BCUT2D eigenvalue weighted by molar-refractivity contribution is -0.118. The van der Waals surface area contributed by atoms with E-state index in [9.17, 15) is 4.79 Å². The van der Waals surface area contributed by atoms with Crippen LogP contribution in [0.5, 0.6) is 11.5 Å². The normalized spacial score (nSPS) is 10.9. The Bertz CT molecular complexity index is 970. The lowest BCUT2D eigenvalue weighted by atomic mass is 10.2.